The molecule has 0 spiro atoms. The van der Waals surface area contributed by atoms with Gasteiger partial charge in [-0.2, -0.15) is 0 Å². The molecule has 1 saturated heterocycles. The molecule has 0 bridgehead atoms. The molecule has 2 N–H and O–H groups in total. The molecule has 0 atom stereocenters. The first-order valence-corrected chi connectivity index (χ1v) is 7.68. The van der Waals surface area contributed by atoms with E-state index < -0.39 is 11.8 Å². The number of ether oxygens (including phenoxy) is 1. The number of carbonyl (C=O) groups excluding carboxylic acids is 2. The van der Waals surface area contributed by atoms with Crippen molar-refractivity contribution in [3.05, 3.63) is 29.8 Å². The number of β-amino-alcohol motifs (C(OH)–C–C–N with tert-alkyl or cyclic N) is 1. The predicted molar refractivity (Wildman–Crippen MR) is 84.9 cm³/mol. The normalized spacial score (nSPS) is 15.3. The van der Waals surface area contributed by atoms with E-state index in [0.717, 1.165) is 5.56 Å². The van der Waals surface area contributed by atoms with E-state index in [4.69, 9.17) is 9.84 Å². The lowest BCUT2D eigenvalue weighted by atomic mass is 10.2. The zero-order valence-electron chi connectivity index (χ0n) is 13.3. The predicted octanol–water partition coefficient (Wildman–Crippen LogP) is -0.552. The van der Waals surface area contributed by atoms with Crippen molar-refractivity contribution in [2.45, 2.75) is 6.54 Å². The Hall–Kier alpha value is -2.12. The minimum Gasteiger partial charge on any atom is -0.496 e. The second-order valence-electron chi connectivity index (χ2n) is 5.35. The quantitative estimate of drug-likeness (QED) is 0.711. The first kappa shape index (κ1) is 17.2. The number of piperazine rings is 1. The van der Waals surface area contributed by atoms with Crippen molar-refractivity contribution in [3.8, 4) is 5.75 Å². The van der Waals surface area contributed by atoms with Gasteiger partial charge >= 0.3 is 11.8 Å². The molecule has 1 fully saturated rings. The molecule has 1 aliphatic heterocycles. The highest BCUT2D eigenvalue weighted by molar-refractivity contribution is 6.35. The maximum atomic E-state index is 12.2. The maximum Gasteiger partial charge on any atom is 0.311 e. The zero-order valence-corrected chi connectivity index (χ0v) is 13.3. The Kier molecular flexibility index (Phi) is 6.37. The van der Waals surface area contributed by atoms with Gasteiger partial charge in [0.2, 0.25) is 0 Å². The van der Waals surface area contributed by atoms with Gasteiger partial charge < -0.3 is 20.1 Å². The van der Waals surface area contributed by atoms with Crippen molar-refractivity contribution in [1.82, 2.24) is 15.1 Å². The SMILES string of the molecule is COc1ccccc1CNC(=O)C(=O)N1CCN(CCO)CC1. The second kappa shape index (κ2) is 8.50. The Balaban J connectivity index is 1.83. The average molecular weight is 321 g/mol. The highest BCUT2D eigenvalue weighted by Crippen LogP contribution is 2.16. The number of nitrogens with one attached hydrogen (secondary N) is 1. The number of aliphatic hydroxyl groups is 1. The van der Waals surface area contributed by atoms with Crippen LogP contribution in [0.2, 0.25) is 0 Å². The standard InChI is InChI=1S/C16H23N3O4/c1-23-14-5-3-2-4-13(14)12-17-15(21)16(22)19-8-6-18(7-9-19)10-11-20/h2-5,20H,6-12H2,1H3,(H,17,21). The van der Waals surface area contributed by atoms with Crippen molar-refractivity contribution in [2.24, 2.45) is 0 Å². The van der Waals surface area contributed by atoms with Gasteiger partial charge in [-0.25, -0.2) is 0 Å². The van der Waals surface area contributed by atoms with E-state index in [2.05, 4.69) is 10.2 Å². The largest absolute Gasteiger partial charge is 0.496 e. The molecule has 0 aliphatic carbocycles. The number of aliphatic hydroxyl groups excluding tert-OH is 1. The van der Waals surface area contributed by atoms with Crippen LogP contribution in [0.5, 0.6) is 5.75 Å². The van der Waals surface area contributed by atoms with Crippen LogP contribution in [-0.4, -0.2) is 73.2 Å². The number of carbonyl (C=O) groups is 2. The lowest BCUT2D eigenvalue weighted by molar-refractivity contribution is -0.147. The minimum absolute atomic E-state index is 0.105. The van der Waals surface area contributed by atoms with E-state index in [1.807, 2.05) is 24.3 Å². The minimum atomic E-state index is -0.605. The summed E-state index contributed by atoms with van der Waals surface area (Å²) in [6.07, 6.45) is 0. The smallest absolute Gasteiger partial charge is 0.311 e. The Morgan fingerprint density at radius 3 is 2.57 bits per heavy atom. The van der Waals surface area contributed by atoms with Gasteiger partial charge in [-0.1, -0.05) is 18.2 Å². The Morgan fingerprint density at radius 1 is 1.22 bits per heavy atom. The first-order chi connectivity index (χ1) is 11.2. The highest BCUT2D eigenvalue weighted by atomic mass is 16.5. The van der Waals surface area contributed by atoms with Gasteiger partial charge in [0.15, 0.2) is 0 Å². The molecule has 126 valence electrons. The molecule has 23 heavy (non-hydrogen) atoms. The summed E-state index contributed by atoms with van der Waals surface area (Å²) in [7, 11) is 1.57. The van der Waals surface area contributed by atoms with Crippen molar-refractivity contribution >= 4 is 11.8 Å². The molecule has 1 aromatic rings. The van der Waals surface area contributed by atoms with E-state index in [-0.39, 0.29) is 13.2 Å². The summed E-state index contributed by atoms with van der Waals surface area (Å²) in [6, 6.07) is 7.36. The third kappa shape index (κ3) is 4.67. The molecule has 0 aromatic heterocycles. The molecule has 7 heteroatoms. The molecule has 1 heterocycles. The van der Waals surface area contributed by atoms with Gasteiger partial charge in [0, 0.05) is 44.8 Å². The van der Waals surface area contributed by atoms with Crippen molar-refractivity contribution in [3.63, 3.8) is 0 Å². The third-order valence-corrected chi connectivity index (χ3v) is 3.90. The van der Waals surface area contributed by atoms with E-state index in [1.165, 1.54) is 0 Å². The van der Waals surface area contributed by atoms with E-state index in [9.17, 15) is 9.59 Å². The molecule has 2 amide bonds. The van der Waals surface area contributed by atoms with Crippen LogP contribution in [0.25, 0.3) is 0 Å². The molecule has 1 aliphatic rings. The fraction of sp³-hybridized carbons (Fsp3) is 0.500. The number of amides is 2. The van der Waals surface area contributed by atoms with Crippen LogP contribution >= 0.6 is 0 Å². The number of nitrogens with zero attached hydrogens (tertiary/aromatic N) is 2. The molecule has 0 saturated carbocycles. The molecule has 1 aromatic carbocycles. The lowest BCUT2D eigenvalue weighted by Gasteiger charge is -2.33. The maximum absolute atomic E-state index is 12.2. The van der Waals surface area contributed by atoms with Gasteiger partial charge in [-0.15, -0.1) is 0 Å². The van der Waals surface area contributed by atoms with E-state index >= 15 is 0 Å². The summed E-state index contributed by atoms with van der Waals surface area (Å²) < 4.78 is 5.22. The number of methoxy groups -OCH3 is 1. The summed E-state index contributed by atoms with van der Waals surface area (Å²) in [5.74, 6) is -0.437. The van der Waals surface area contributed by atoms with Crippen LogP contribution in [0.1, 0.15) is 5.56 Å². The Morgan fingerprint density at radius 2 is 1.91 bits per heavy atom. The zero-order chi connectivity index (χ0) is 16.7. The second-order valence-corrected chi connectivity index (χ2v) is 5.35. The third-order valence-electron chi connectivity index (χ3n) is 3.90. The Labute approximate surface area is 135 Å². The summed E-state index contributed by atoms with van der Waals surface area (Å²) in [5, 5.41) is 11.5. The van der Waals surface area contributed by atoms with Gasteiger partial charge in [0.25, 0.3) is 0 Å². The molecule has 2 rings (SSSR count). The van der Waals surface area contributed by atoms with Gasteiger partial charge in [0.05, 0.1) is 13.7 Å². The number of para-hydroxylation sites is 1. The van der Waals surface area contributed by atoms with Crippen LogP contribution in [-0.2, 0) is 16.1 Å². The number of benzene rings is 1. The molecular formula is C16H23N3O4. The van der Waals surface area contributed by atoms with E-state index in [0.29, 0.717) is 38.5 Å². The number of hydrogen-bond acceptors (Lipinski definition) is 5. The lowest BCUT2D eigenvalue weighted by Crippen LogP contribution is -2.52. The van der Waals surface area contributed by atoms with Crippen LogP contribution in [0, 0.1) is 0 Å². The fourth-order valence-corrected chi connectivity index (χ4v) is 2.56. The molecule has 0 radical (unpaired) electrons. The van der Waals surface area contributed by atoms with Crippen LogP contribution in [0.15, 0.2) is 24.3 Å². The summed E-state index contributed by atoms with van der Waals surface area (Å²) >= 11 is 0. The van der Waals surface area contributed by atoms with Crippen LogP contribution < -0.4 is 10.1 Å². The van der Waals surface area contributed by atoms with Gasteiger partial charge in [-0.05, 0) is 6.07 Å². The van der Waals surface area contributed by atoms with Crippen molar-refractivity contribution in [2.75, 3.05) is 46.4 Å². The number of hydrogen-bond donors (Lipinski definition) is 2. The van der Waals surface area contributed by atoms with Crippen LogP contribution in [0.3, 0.4) is 0 Å². The topological polar surface area (TPSA) is 82.1 Å². The number of rotatable bonds is 5. The van der Waals surface area contributed by atoms with Gasteiger partial charge in [-0.3, -0.25) is 14.5 Å². The monoisotopic (exact) mass is 321 g/mol. The van der Waals surface area contributed by atoms with E-state index in [1.54, 1.807) is 12.0 Å². The summed E-state index contributed by atoms with van der Waals surface area (Å²) in [5.41, 5.74) is 0.823. The first-order valence-electron chi connectivity index (χ1n) is 7.68. The highest BCUT2D eigenvalue weighted by Gasteiger charge is 2.25. The van der Waals surface area contributed by atoms with Crippen LogP contribution in [0.4, 0.5) is 0 Å². The van der Waals surface area contributed by atoms with Gasteiger partial charge in [0.1, 0.15) is 5.75 Å². The fourth-order valence-electron chi connectivity index (χ4n) is 2.56. The Bertz CT molecular complexity index is 542. The molecule has 7 nitrogen and oxygen atoms in total. The summed E-state index contributed by atoms with van der Waals surface area (Å²) in [6.45, 7) is 3.30. The molecular weight excluding hydrogens is 298 g/mol. The average Bonchev–Trinajstić information content (AvgIpc) is 2.60. The van der Waals surface area contributed by atoms with Crippen molar-refractivity contribution < 1.29 is 19.4 Å². The molecule has 0 unspecified atom stereocenters. The van der Waals surface area contributed by atoms with Crippen molar-refractivity contribution in [1.29, 1.82) is 0 Å². The summed E-state index contributed by atoms with van der Waals surface area (Å²) in [4.78, 5) is 27.8.